The first-order valence-corrected chi connectivity index (χ1v) is 11.7. The topological polar surface area (TPSA) is 51.7 Å². The van der Waals surface area contributed by atoms with Gasteiger partial charge >= 0.3 is 5.97 Å². The smallest absolute Gasteiger partial charge is 0.338 e. The highest BCUT2D eigenvalue weighted by Crippen LogP contribution is 2.30. The van der Waals surface area contributed by atoms with Crippen molar-refractivity contribution in [3.8, 4) is 0 Å². The zero-order valence-corrected chi connectivity index (χ0v) is 19.4. The molecule has 1 aliphatic rings. The number of esters is 1. The Balaban J connectivity index is 1.37. The van der Waals surface area contributed by atoms with Crippen molar-refractivity contribution in [1.82, 2.24) is 9.88 Å². The number of ether oxygens (including phenoxy) is 2. The molecule has 0 radical (unpaired) electrons. The molecule has 4 rings (SSSR count). The number of nitrogens with zero attached hydrogens (tertiary/aromatic N) is 2. The lowest BCUT2D eigenvalue weighted by Crippen LogP contribution is -2.37. The predicted molar refractivity (Wildman–Crippen MR) is 129 cm³/mol. The molecule has 5 heteroatoms. The highest BCUT2D eigenvalue weighted by molar-refractivity contribution is 5.89. The molecule has 1 unspecified atom stereocenters. The number of hydrogen-bond acceptors (Lipinski definition) is 5. The van der Waals surface area contributed by atoms with Crippen LogP contribution in [0, 0.1) is 6.92 Å². The molecule has 2 heterocycles. The second-order valence-electron chi connectivity index (χ2n) is 8.57. The van der Waals surface area contributed by atoms with Crippen LogP contribution in [0.3, 0.4) is 0 Å². The van der Waals surface area contributed by atoms with Crippen LogP contribution in [0.5, 0.6) is 0 Å². The summed E-state index contributed by atoms with van der Waals surface area (Å²) in [6, 6.07) is 22.6. The summed E-state index contributed by atoms with van der Waals surface area (Å²) in [4.78, 5) is 18.8. The third-order valence-corrected chi connectivity index (χ3v) is 6.06. The van der Waals surface area contributed by atoms with Crippen LogP contribution in [0.1, 0.15) is 58.6 Å². The van der Waals surface area contributed by atoms with E-state index in [4.69, 9.17) is 9.47 Å². The van der Waals surface area contributed by atoms with Gasteiger partial charge in [-0.25, -0.2) is 4.79 Å². The van der Waals surface area contributed by atoms with Gasteiger partial charge in [0.15, 0.2) is 0 Å². The van der Waals surface area contributed by atoms with Crippen LogP contribution in [-0.2, 0) is 16.0 Å². The average molecular weight is 445 g/mol. The molecule has 1 fully saturated rings. The molecular formula is C28H32N2O3. The Bertz CT molecular complexity index is 1030. The largest absolute Gasteiger partial charge is 0.462 e. The van der Waals surface area contributed by atoms with Gasteiger partial charge in [-0.05, 0) is 49.9 Å². The summed E-state index contributed by atoms with van der Waals surface area (Å²) in [5.41, 5.74) is 5.07. The van der Waals surface area contributed by atoms with E-state index in [9.17, 15) is 4.79 Å². The predicted octanol–water partition coefficient (Wildman–Crippen LogP) is 5.34. The second-order valence-corrected chi connectivity index (χ2v) is 8.57. The maximum Gasteiger partial charge on any atom is 0.338 e. The van der Waals surface area contributed by atoms with Crippen molar-refractivity contribution >= 4 is 5.97 Å². The van der Waals surface area contributed by atoms with E-state index in [1.807, 2.05) is 19.1 Å². The third-order valence-electron chi connectivity index (χ3n) is 6.06. The molecule has 0 aliphatic carbocycles. The van der Waals surface area contributed by atoms with E-state index in [0.717, 1.165) is 38.2 Å². The van der Waals surface area contributed by atoms with Gasteiger partial charge in [-0.3, -0.25) is 9.88 Å². The lowest BCUT2D eigenvalue weighted by atomic mass is 9.99. The van der Waals surface area contributed by atoms with Gasteiger partial charge in [-0.2, -0.15) is 0 Å². The molecule has 172 valence electrons. The van der Waals surface area contributed by atoms with E-state index in [1.165, 1.54) is 16.7 Å². The molecule has 0 N–H and O–H groups in total. The van der Waals surface area contributed by atoms with E-state index < -0.39 is 0 Å². The van der Waals surface area contributed by atoms with Gasteiger partial charge in [0.05, 0.1) is 24.0 Å². The highest BCUT2D eigenvalue weighted by Gasteiger charge is 2.25. The van der Waals surface area contributed by atoms with Gasteiger partial charge in [0.1, 0.15) is 6.10 Å². The molecule has 33 heavy (non-hydrogen) atoms. The van der Waals surface area contributed by atoms with Crippen LogP contribution in [0.2, 0.25) is 0 Å². The van der Waals surface area contributed by atoms with Gasteiger partial charge in [0.25, 0.3) is 0 Å². The number of rotatable bonds is 8. The normalized spacial score (nSPS) is 15.8. The molecule has 1 aromatic heterocycles. The summed E-state index contributed by atoms with van der Waals surface area (Å²) < 4.78 is 11.8. The van der Waals surface area contributed by atoms with Gasteiger partial charge in [-0.15, -0.1) is 0 Å². The molecule has 1 saturated heterocycles. The van der Waals surface area contributed by atoms with Crippen molar-refractivity contribution in [3.05, 3.63) is 101 Å². The molecule has 2 aromatic carbocycles. The first kappa shape index (κ1) is 23.1. The lowest BCUT2D eigenvalue weighted by molar-refractivity contribution is -0.0283. The second kappa shape index (κ2) is 11.2. The molecule has 3 aromatic rings. The Kier molecular flexibility index (Phi) is 7.87. The number of likely N-dealkylation sites (tertiary alicyclic amines) is 1. The fourth-order valence-electron chi connectivity index (χ4n) is 4.25. The monoisotopic (exact) mass is 444 g/mol. The summed E-state index contributed by atoms with van der Waals surface area (Å²) in [7, 11) is 0. The highest BCUT2D eigenvalue weighted by atomic mass is 16.5. The molecule has 0 saturated carbocycles. The van der Waals surface area contributed by atoms with E-state index >= 15 is 0 Å². The number of aryl methyl sites for hydroxylation is 1. The standard InChI is InChI=1S/C28H32N2O3/c1-3-32-28(31)24-13-16-29-25(19-24)20-30-17-14-26(15-18-30)33-27(22-7-5-4-6-8-22)23-11-9-21(2)10-12-23/h4-13,16,19,26-27H,3,14-15,17-18,20H2,1-2H3. The molecule has 0 bridgehead atoms. The SMILES string of the molecule is CCOC(=O)c1ccnc(CN2CCC(OC(c3ccccc3)c3ccc(C)cc3)CC2)c1. The number of pyridine rings is 1. The summed E-state index contributed by atoms with van der Waals surface area (Å²) in [5.74, 6) is -0.295. The summed E-state index contributed by atoms with van der Waals surface area (Å²) in [5, 5.41) is 0. The Morgan fingerprint density at radius 3 is 2.42 bits per heavy atom. The van der Waals surface area contributed by atoms with Crippen molar-refractivity contribution in [2.24, 2.45) is 0 Å². The third kappa shape index (κ3) is 6.28. The van der Waals surface area contributed by atoms with E-state index in [1.54, 1.807) is 12.3 Å². The minimum atomic E-state index is -0.295. The molecule has 1 atom stereocenters. The number of aromatic nitrogens is 1. The van der Waals surface area contributed by atoms with E-state index in [0.29, 0.717) is 12.2 Å². The van der Waals surface area contributed by atoms with Crippen LogP contribution < -0.4 is 0 Å². The van der Waals surface area contributed by atoms with Crippen LogP contribution in [-0.4, -0.2) is 41.7 Å². The maximum absolute atomic E-state index is 12.0. The van der Waals surface area contributed by atoms with Crippen molar-refractivity contribution in [2.45, 2.75) is 45.4 Å². The Hall–Kier alpha value is -3.02. The van der Waals surface area contributed by atoms with E-state index in [-0.39, 0.29) is 18.2 Å². The Labute approximate surface area is 196 Å². The zero-order chi connectivity index (χ0) is 23.0. The zero-order valence-electron chi connectivity index (χ0n) is 19.4. The summed E-state index contributed by atoms with van der Waals surface area (Å²) >= 11 is 0. The summed E-state index contributed by atoms with van der Waals surface area (Å²) in [6.45, 7) is 6.88. The van der Waals surface area contributed by atoms with Gasteiger partial charge < -0.3 is 9.47 Å². The molecule has 0 spiro atoms. The molecule has 1 aliphatic heterocycles. The van der Waals surface area contributed by atoms with E-state index in [2.05, 4.69) is 65.3 Å². The quantitative estimate of drug-likeness (QED) is 0.439. The minimum absolute atomic E-state index is 0.0636. The molecular weight excluding hydrogens is 412 g/mol. The van der Waals surface area contributed by atoms with Crippen molar-refractivity contribution in [1.29, 1.82) is 0 Å². The fourth-order valence-corrected chi connectivity index (χ4v) is 4.25. The van der Waals surface area contributed by atoms with Crippen molar-refractivity contribution in [3.63, 3.8) is 0 Å². The molecule has 0 amide bonds. The van der Waals surface area contributed by atoms with Gasteiger partial charge in [0, 0.05) is 25.8 Å². The van der Waals surface area contributed by atoms with Crippen LogP contribution in [0.4, 0.5) is 0 Å². The number of carbonyl (C=O) groups is 1. The van der Waals surface area contributed by atoms with Gasteiger partial charge in [-0.1, -0.05) is 60.2 Å². The molecule has 5 nitrogen and oxygen atoms in total. The average Bonchev–Trinajstić information content (AvgIpc) is 2.85. The summed E-state index contributed by atoms with van der Waals surface area (Å²) in [6.07, 6.45) is 3.75. The number of piperidine rings is 1. The first-order chi connectivity index (χ1) is 16.1. The van der Waals surface area contributed by atoms with Crippen LogP contribution in [0.15, 0.2) is 72.9 Å². The number of benzene rings is 2. The Morgan fingerprint density at radius 1 is 1.03 bits per heavy atom. The fraction of sp³-hybridized carbons (Fsp3) is 0.357. The maximum atomic E-state index is 12.0. The minimum Gasteiger partial charge on any atom is -0.462 e. The Morgan fingerprint density at radius 2 is 1.73 bits per heavy atom. The van der Waals surface area contributed by atoms with Crippen LogP contribution in [0.25, 0.3) is 0 Å². The van der Waals surface area contributed by atoms with Gasteiger partial charge in [0.2, 0.25) is 0 Å². The van der Waals surface area contributed by atoms with Crippen LogP contribution >= 0.6 is 0 Å². The number of hydrogen-bond donors (Lipinski definition) is 0. The first-order valence-electron chi connectivity index (χ1n) is 11.7. The van der Waals surface area contributed by atoms with Crippen molar-refractivity contribution in [2.75, 3.05) is 19.7 Å². The number of carbonyl (C=O) groups excluding carboxylic acids is 1. The van der Waals surface area contributed by atoms with Crippen molar-refractivity contribution < 1.29 is 14.3 Å². The lowest BCUT2D eigenvalue weighted by Gasteiger charge is -2.34.